The van der Waals surface area contributed by atoms with Gasteiger partial charge in [-0.15, -0.1) is 0 Å². The van der Waals surface area contributed by atoms with Crippen molar-refractivity contribution in [2.75, 3.05) is 0 Å². The quantitative estimate of drug-likeness (QED) is 0.356. The zero-order chi connectivity index (χ0) is 13.9. The maximum atomic E-state index is 12.3. The molecule has 0 aliphatic carbocycles. The smallest absolute Gasteiger partial charge is 0.192 e. The van der Waals surface area contributed by atoms with Gasteiger partial charge in [0.25, 0.3) is 0 Å². The molecule has 0 aliphatic heterocycles. The van der Waals surface area contributed by atoms with Crippen LogP contribution in [0.2, 0.25) is 5.02 Å². The lowest BCUT2D eigenvalue weighted by Gasteiger charge is -2.24. The molecule has 0 radical (unpaired) electrons. The number of nitrogens with zero attached hydrogens (tertiary/aromatic N) is 1. The topological polar surface area (TPSA) is 26.1 Å². The molecule has 0 aliphatic rings. The predicted molar refractivity (Wildman–Crippen MR) is 79.7 cm³/mol. The van der Waals surface area contributed by atoms with E-state index in [0.717, 1.165) is 15.9 Å². The Morgan fingerprint density at radius 3 is 2.16 bits per heavy atom. The summed E-state index contributed by atoms with van der Waals surface area (Å²) in [5.41, 5.74) is 1.21. The van der Waals surface area contributed by atoms with Crippen molar-refractivity contribution in [3.63, 3.8) is 0 Å². The van der Waals surface area contributed by atoms with Crippen LogP contribution in [0.4, 0.5) is 0 Å². The summed E-state index contributed by atoms with van der Waals surface area (Å²) in [6, 6.07) is 16.9. The summed E-state index contributed by atoms with van der Waals surface area (Å²) in [6.07, 6.45) is 1.59. The monoisotopic (exact) mass is 273 g/mol. The third-order valence-electron chi connectivity index (χ3n) is 3.17. The van der Waals surface area contributed by atoms with E-state index in [1.165, 1.54) is 0 Å². The second kappa shape index (κ2) is 5.45. The highest BCUT2D eigenvalue weighted by Crippen LogP contribution is 2.23. The Kier molecular flexibility index (Phi) is 3.91. The lowest BCUT2D eigenvalue weighted by molar-refractivity contribution is -0.545. The van der Waals surface area contributed by atoms with Crippen molar-refractivity contribution in [3.05, 3.63) is 76.0 Å². The fourth-order valence-corrected chi connectivity index (χ4v) is 1.94. The van der Waals surface area contributed by atoms with Gasteiger partial charge in [0.15, 0.2) is 11.8 Å². The van der Waals surface area contributed by atoms with Crippen LogP contribution >= 0.6 is 11.6 Å². The Balaban J connectivity index is 2.32. The van der Waals surface area contributed by atoms with Crippen molar-refractivity contribution in [1.82, 2.24) is 0 Å². The van der Waals surface area contributed by atoms with Crippen LogP contribution in [-0.2, 0) is 5.54 Å². The Labute approximate surface area is 118 Å². The molecule has 2 nitrogen and oxygen atoms in total. The van der Waals surface area contributed by atoms with Gasteiger partial charge in [0.05, 0.1) is 0 Å². The number of hydrogen-bond donors (Lipinski definition) is 0. The van der Waals surface area contributed by atoms with Gasteiger partial charge in [-0.2, -0.15) is 0 Å². The molecule has 0 bridgehead atoms. The van der Waals surface area contributed by atoms with Crippen molar-refractivity contribution in [2.24, 2.45) is 0 Å². The van der Waals surface area contributed by atoms with E-state index in [0.29, 0.717) is 5.02 Å². The van der Waals surface area contributed by atoms with Crippen LogP contribution in [0.15, 0.2) is 54.6 Å². The molecule has 0 N–H and O–H groups in total. The SMILES string of the molecule is CC(C)(c1ccccc1)/[N+]([O-])=C/c1ccc(Cl)cc1. The summed E-state index contributed by atoms with van der Waals surface area (Å²) in [6.45, 7) is 3.81. The van der Waals surface area contributed by atoms with Crippen LogP contribution < -0.4 is 0 Å². The Bertz CT molecular complexity index is 573. The lowest BCUT2D eigenvalue weighted by Crippen LogP contribution is -2.30. The van der Waals surface area contributed by atoms with E-state index in [1.807, 2.05) is 56.3 Å². The van der Waals surface area contributed by atoms with E-state index in [2.05, 4.69) is 0 Å². The molecule has 0 unspecified atom stereocenters. The largest absolute Gasteiger partial charge is 0.623 e. The summed E-state index contributed by atoms with van der Waals surface area (Å²) in [5, 5.41) is 13.0. The molecule has 0 saturated carbocycles. The molecule has 0 aromatic heterocycles. The van der Waals surface area contributed by atoms with Crippen molar-refractivity contribution in [2.45, 2.75) is 19.4 Å². The van der Waals surface area contributed by atoms with Crippen molar-refractivity contribution in [1.29, 1.82) is 0 Å². The van der Waals surface area contributed by atoms with E-state index in [4.69, 9.17) is 11.6 Å². The summed E-state index contributed by atoms with van der Waals surface area (Å²) in [5.74, 6) is 0. The van der Waals surface area contributed by atoms with E-state index < -0.39 is 5.54 Å². The minimum Gasteiger partial charge on any atom is -0.623 e. The molecule has 2 aromatic carbocycles. The molecular weight excluding hydrogens is 258 g/mol. The van der Waals surface area contributed by atoms with Gasteiger partial charge in [-0.25, -0.2) is 4.74 Å². The van der Waals surface area contributed by atoms with E-state index in [1.54, 1.807) is 18.3 Å². The van der Waals surface area contributed by atoms with Gasteiger partial charge >= 0.3 is 0 Å². The fraction of sp³-hybridized carbons (Fsp3) is 0.188. The zero-order valence-electron chi connectivity index (χ0n) is 11.0. The van der Waals surface area contributed by atoms with Crippen LogP contribution in [0.3, 0.4) is 0 Å². The first-order chi connectivity index (χ1) is 9.00. The van der Waals surface area contributed by atoms with Crippen LogP contribution in [0.25, 0.3) is 0 Å². The fourth-order valence-electron chi connectivity index (χ4n) is 1.82. The zero-order valence-corrected chi connectivity index (χ0v) is 11.8. The Morgan fingerprint density at radius 1 is 1.00 bits per heavy atom. The molecule has 0 atom stereocenters. The molecule has 0 saturated heterocycles. The molecule has 98 valence electrons. The molecule has 2 aromatic rings. The number of rotatable bonds is 3. The van der Waals surface area contributed by atoms with E-state index >= 15 is 0 Å². The highest BCUT2D eigenvalue weighted by molar-refractivity contribution is 6.30. The molecule has 0 amide bonds. The Morgan fingerprint density at radius 2 is 1.58 bits per heavy atom. The second-order valence-electron chi connectivity index (χ2n) is 4.93. The summed E-state index contributed by atoms with van der Waals surface area (Å²) >= 11 is 5.83. The van der Waals surface area contributed by atoms with Gasteiger partial charge in [0.1, 0.15) is 0 Å². The van der Waals surface area contributed by atoms with Gasteiger partial charge in [-0.3, -0.25) is 0 Å². The molecule has 2 rings (SSSR count). The van der Waals surface area contributed by atoms with Crippen molar-refractivity contribution < 1.29 is 4.74 Å². The number of halogens is 1. The van der Waals surface area contributed by atoms with Gasteiger partial charge in [-0.1, -0.05) is 41.9 Å². The average Bonchev–Trinajstić information content (AvgIpc) is 2.42. The predicted octanol–water partition coefficient (Wildman–Crippen LogP) is 4.20. The van der Waals surface area contributed by atoms with Crippen molar-refractivity contribution >= 4 is 17.8 Å². The minimum absolute atomic E-state index is 0.610. The van der Waals surface area contributed by atoms with Crippen molar-refractivity contribution in [3.8, 4) is 0 Å². The summed E-state index contributed by atoms with van der Waals surface area (Å²) in [7, 11) is 0. The minimum atomic E-state index is -0.610. The summed E-state index contributed by atoms with van der Waals surface area (Å²) < 4.78 is 0.978. The van der Waals surface area contributed by atoms with Gasteiger partial charge < -0.3 is 5.21 Å². The normalized spacial score (nSPS) is 12.5. The molecule has 0 spiro atoms. The molecular formula is C16H16ClNO. The second-order valence-corrected chi connectivity index (χ2v) is 5.37. The third kappa shape index (κ3) is 3.15. The number of hydroxylamine groups is 1. The molecule has 3 heteroatoms. The van der Waals surface area contributed by atoms with Gasteiger partial charge in [0, 0.05) is 30.0 Å². The number of benzene rings is 2. The highest BCUT2D eigenvalue weighted by atomic mass is 35.5. The van der Waals surface area contributed by atoms with Gasteiger partial charge in [0.2, 0.25) is 0 Å². The summed E-state index contributed by atoms with van der Waals surface area (Å²) in [4.78, 5) is 0. The standard InChI is InChI=1S/C16H16ClNO/c1-16(2,14-6-4-3-5-7-14)18(19)12-13-8-10-15(17)11-9-13/h3-12H,1-2H3/b18-12-. The molecule has 0 fully saturated rings. The van der Waals surface area contributed by atoms with Crippen LogP contribution in [0, 0.1) is 5.21 Å². The highest BCUT2D eigenvalue weighted by Gasteiger charge is 2.28. The van der Waals surface area contributed by atoms with E-state index in [9.17, 15) is 5.21 Å². The third-order valence-corrected chi connectivity index (χ3v) is 3.42. The molecule has 0 heterocycles. The van der Waals surface area contributed by atoms with Gasteiger partial charge in [-0.05, 0) is 24.3 Å². The lowest BCUT2D eigenvalue weighted by atomic mass is 9.95. The van der Waals surface area contributed by atoms with Crippen LogP contribution in [0.1, 0.15) is 25.0 Å². The van der Waals surface area contributed by atoms with Crippen LogP contribution in [0.5, 0.6) is 0 Å². The first-order valence-corrected chi connectivity index (χ1v) is 6.50. The van der Waals surface area contributed by atoms with E-state index in [-0.39, 0.29) is 0 Å². The number of hydrogen-bond acceptors (Lipinski definition) is 1. The first kappa shape index (κ1) is 13.6. The maximum Gasteiger partial charge on any atom is 0.192 e. The molecule has 19 heavy (non-hydrogen) atoms. The first-order valence-electron chi connectivity index (χ1n) is 6.12. The Hall–Kier alpha value is -1.80. The van der Waals surface area contributed by atoms with Crippen LogP contribution in [-0.4, -0.2) is 11.0 Å². The maximum absolute atomic E-state index is 12.3. The average molecular weight is 274 g/mol.